The summed E-state index contributed by atoms with van der Waals surface area (Å²) in [5, 5.41) is 10.5. The fourth-order valence-corrected chi connectivity index (χ4v) is 4.34. The minimum absolute atomic E-state index is 0.0356. The third-order valence-electron chi connectivity index (χ3n) is 4.04. The van der Waals surface area contributed by atoms with Gasteiger partial charge in [-0.05, 0) is 24.6 Å². The van der Waals surface area contributed by atoms with Crippen molar-refractivity contribution in [2.45, 2.75) is 18.2 Å². The average Bonchev–Trinajstić information content (AvgIpc) is 2.95. The zero-order chi connectivity index (χ0) is 18.2. The Hall–Kier alpha value is -2.75. The van der Waals surface area contributed by atoms with Gasteiger partial charge in [-0.3, -0.25) is 10.1 Å². The van der Waals surface area contributed by atoms with Crippen LogP contribution in [0.3, 0.4) is 0 Å². The number of nitrogens with zero attached hydrogens (tertiary/aromatic N) is 4. The van der Waals surface area contributed by atoms with Crippen LogP contribution in [0.1, 0.15) is 27.9 Å². The Labute approximate surface area is 144 Å². The molecule has 0 unspecified atom stereocenters. The normalized spacial score (nSPS) is 17.2. The maximum absolute atomic E-state index is 12.6. The maximum atomic E-state index is 12.6. The van der Waals surface area contributed by atoms with Gasteiger partial charge in [0.2, 0.25) is 5.95 Å². The molecule has 9 nitrogen and oxygen atoms in total. The molecule has 0 aliphatic carbocycles. The summed E-state index contributed by atoms with van der Waals surface area (Å²) in [5.41, 5.74) is 1.80. The predicted molar refractivity (Wildman–Crippen MR) is 90.4 cm³/mol. The Kier molecular flexibility index (Phi) is 4.29. The first-order valence-electron chi connectivity index (χ1n) is 7.47. The lowest BCUT2D eigenvalue weighted by atomic mass is 9.96. The average molecular weight is 363 g/mol. The van der Waals surface area contributed by atoms with E-state index in [4.69, 9.17) is 4.84 Å². The number of aromatic nitrogens is 3. The minimum Gasteiger partial charge on any atom is -0.399 e. The van der Waals surface area contributed by atoms with Crippen LogP contribution in [0.4, 0.5) is 5.95 Å². The van der Waals surface area contributed by atoms with E-state index in [1.54, 1.807) is 14.0 Å². The van der Waals surface area contributed by atoms with Crippen molar-refractivity contribution in [2.24, 2.45) is 12.2 Å². The summed E-state index contributed by atoms with van der Waals surface area (Å²) < 4.78 is 26.1. The Morgan fingerprint density at radius 3 is 2.80 bits per heavy atom. The summed E-state index contributed by atoms with van der Waals surface area (Å²) in [6.45, 7) is 1.69. The lowest BCUT2D eigenvalue weighted by Gasteiger charge is -2.21. The van der Waals surface area contributed by atoms with Gasteiger partial charge in [0, 0.05) is 24.6 Å². The molecule has 0 saturated carbocycles. The summed E-state index contributed by atoms with van der Waals surface area (Å²) in [7, 11) is -0.360. The molecular weight excluding hydrogens is 346 g/mol. The number of fused-ring (bicyclic) bond motifs is 1. The van der Waals surface area contributed by atoms with E-state index in [0.29, 0.717) is 28.4 Å². The van der Waals surface area contributed by atoms with Gasteiger partial charge in [-0.25, -0.2) is 13.1 Å². The van der Waals surface area contributed by atoms with Crippen LogP contribution in [0.15, 0.2) is 28.5 Å². The molecule has 132 valence electrons. The highest BCUT2D eigenvalue weighted by atomic mass is 32.2. The Balaban J connectivity index is 2.09. The van der Waals surface area contributed by atoms with Crippen LogP contribution in [-0.2, 0) is 21.7 Å². The van der Waals surface area contributed by atoms with E-state index in [1.807, 2.05) is 0 Å². The molecule has 0 atom stereocenters. The SMILES string of the molecule is CON=C1CCS(=O)(=O)c2ccc(C(=O)Nc3ncnn3C)c(C)c21. The number of oxime groups is 1. The molecule has 10 heteroatoms. The first-order chi connectivity index (χ1) is 11.8. The number of aryl methyl sites for hydroxylation is 1. The van der Waals surface area contributed by atoms with Crippen LogP contribution in [0.2, 0.25) is 0 Å². The standard InChI is InChI=1S/C15H17N5O4S/c1-9-10(14(21)18-15-16-8-17-20(15)2)4-5-12-13(9)11(19-24-3)6-7-25(12,22)23/h4-5,8H,6-7H2,1-3H3,(H,16,17,18,21). The summed E-state index contributed by atoms with van der Waals surface area (Å²) >= 11 is 0. The van der Waals surface area contributed by atoms with Crippen molar-refractivity contribution < 1.29 is 18.0 Å². The molecule has 25 heavy (non-hydrogen) atoms. The Morgan fingerprint density at radius 1 is 1.40 bits per heavy atom. The molecule has 3 rings (SSSR count). The van der Waals surface area contributed by atoms with E-state index in [9.17, 15) is 13.2 Å². The van der Waals surface area contributed by atoms with Gasteiger partial charge in [-0.1, -0.05) is 5.16 Å². The molecule has 1 N–H and O–H groups in total. The summed E-state index contributed by atoms with van der Waals surface area (Å²) in [4.78, 5) is 21.5. The third-order valence-corrected chi connectivity index (χ3v) is 5.79. The molecule has 0 saturated heterocycles. The lowest BCUT2D eigenvalue weighted by molar-refractivity contribution is 0.102. The van der Waals surface area contributed by atoms with Crippen molar-refractivity contribution in [2.75, 3.05) is 18.2 Å². The first-order valence-corrected chi connectivity index (χ1v) is 9.12. The van der Waals surface area contributed by atoms with E-state index in [1.165, 1.54) is 30.3 Å². The number of nitrogens with one attached hydrogen (secondary N) is 1. The minimum atomic E-state index is -3.41. The molecule has 0 bridgehead atoms. The smallest absolute Gasteiger partial charge is 0.258 e. The van der Waals surface area contributed by atoms with E-state index in [-0.39, 0.29) is 17.1 Å². The van der Waals surface area contributed by atoms with Gasteiger partial charge in [0.25, 0.3) is 5.91 Å². The maximum Gasteiger partial charge on any atom is 0.258 e. The van der Waals surface area contributed by atoms with Gasteiger partial charge in [0.15, 0.2) is 9.84 Å². The van der Waals surface area contributed by atoms with Crippen LogP contribution in [-0.4, -0.2) is 47.7 Å². The number of hydrogen-bond acceptors (Lipinski definition) is 7. The van der Waals surface area contributed by atoms with Crippen LogP contribution in [0.5, 0.6) is 0 Å². The first kappa shape index (κ1) is 17.1. The van der Waals surface area contributed by atoms with E-state index < -0.39 is 15.7 Å². The van der Waals surface area contributed by atoms with E-state index in [0.717, 1.165) is 0 Å². The number of benzene rings is 1. The van der Waals surface area contributed by atoms with Gasteiger partial charge in [0.05, 0.1) is 16.4 Å². The highest BCUT2D eigenvalue weighted by Crippen LogP contribution is 2.30. The number of rotatable bonds is 3. The van der Waals surface area contributed by atoms with Gasteiger partial charge >= 0.3 is 0 Å². The van der Waals surface area contributed by atoms with Crippen LogP contribution in [0.25, 0.3) is 0 Å². The summed E-state index contributed by atoms with van der Waals surface area (Å²) in [6.07, 6.45) is 1.56. The van der Waals surface area contributed by atoms with Crippen molar-refractivity contribution in [3.8, 4) is 0 Å². The highest BCUT2D eigenvalue weighted by molar-refractivity contribution is 7.91. The molecule has 0 spiro atoms. The van der Waals surface area contributed by atoms with E-state index >= 15 is 0 Å². The number of hydrogen-bond donors (Lipinski definition) is 1. The van der Waals surface area contributed by atoms with Gasteiger partial charge in [-0.2, -0.15) is 10.1 Å². The quantitative estimate of drug-likeness (QED) is 0.810. The molecule has 1 aliphatic heterocycles. The van der Waals surface area contributed by atoms with Gasteiger partial charge in [-0.15, -0.1) is 0 Å². The van der Waals surface area contributed by atoms with Gasteiger partial charge in [0.1, 0.15) is 13.4 Å². The topological polar surface area (TPSA) is 116 Å². The Morgan fingerprint density at radius 2 is 2.16 bits per heavy atom. The van der Waals surface area contributed by atoms with Crippen LogP contribution in [0, 0.1) is 6.92 Å². The second kappa shape index (κ2) is 6.28. The Bertz CT molecular complexity index is 978. The third kappa shape index (κ3) is 3.00. The predicted octanol–water partition coefficient (Wildman–Crippen LogP) is 0.904. The number of amides is 1. The lowest BCUT2D eigenvalue weighted by Crippen LogP contribution is -2.25. The molecule has 2 aromatic rings. The van der Waals surface area contributed by atoms with E-state index in [2.05, 4.69) is 20.6 Å². The number of anilines is 1. The molecule has 1 aromatic carbocycles. The zero-order valence-electron chi connectivity index (χ0n) is 14.0. The van der Waals surface area contributed by atoms with Crippen molar-refractivity contribution in [1.29, 1.82) is 0 Å². The zero-order valence-corrected chi connectivity index (χ0v) is 14.8. The molecule has 1 aliphatic rings. The molecule has 1 amide bonds. The molecular formula is C15H17N5O4S. The van der Waals surface area contributed by atoms with Crippen molar-refractivity contribution >= 4 is 27.4 Å². The molecule has 1 aromatic heterocycles. The molecule has 0 fully saturated rings. The largest absolute Gasteiger partial charge is 0.399 e. The fraction of sp³-hybridized carbons (Fsp3) is 0.333. The van der Waals surface area contributed by atoms with Crippen molar-refractivity contribution in [3.63, 3.8) is 0 Å². The van der Waals surface area contributed by atoms with Crippen LogP contribution >= 0.6 is 0 Å². The summed E-state index contributed by atoms with van der Waals surface area (Å²) in [6, 6.07) is 2.93. The molecule has 2 heterocycles. The van der Waals surface area contributed by atoms with Crippen molar-refractivity contribution in [1.82, 2.24) is 14.8 Å². The molecule has 0 radical (unpaired) electrons. The van der Waals surface area contributed by atoms with Gasteiger partial charge < -0.3 is 4.84 Å². The number of sulfone groups is 1. The van der Waals surface area contributed by atoms with Crippen molar-refractivity contribution in [3.05, 3.63) is 35.2 Å². The number of carbonyl (C=O) groups is 1. The monoisotopic (exact) mass is 363 g/mol. The second-order valence-electron chi connectivity index (χ2n) is 5.56. The number of carbonyl (C=O) groups excluding carboxylic acids is 1. The summed E-state index contributed by atoms with van der Waals surface area (Å²) in [5.74, 6) is -0.150. The second-order valence-corrected chi connectivity index (χ2v) is 7.64. The highest BCUT2D eigenvalue weighted by Gasteiger charge is 2.31. The van der Waals surface area contributed by atoms with Crippen LogP contribution < -0.4 is 5.32 Å². The fourth-order valence-electron chi connectivity index (χ4n) is 2.80.